The molecule has 0 aliphatic heterocycles. The molecule has 0 saturated carbocycles. The highest BCUT2D eigenvalue weighted by atomic mass is 16.3. The molecule has 0 spiro atoms. The molecule has 0 unspecified atom stereocenters. The van der Waals surface area contributed by atoms with Gasteiger partial charge in [0.05, 0.1) is 0 Å². The van der Waals surface area contributed by atoms with Crippen molar-refractivity contribution in [3.05, 3.63) is 42.5 Å². The van der Waals surface area contributed by atoms with Gasteiger partial charge in [-0.05, 0) is 43.4 Å². The van der Waals surface area contributed by atoms with E-state index in [-0.39, 0.29) is 0 Å². The Morgan fingerprint density at radius 1 is 0.882 bits per heavy atom. The van der Waals surface area contributed by atoms with E-state index in [1.54, 1.807) is 12.1 Å². The first-order chi connectivity index (χ1) is 8.33. The number of benzene rings is 1. The van der Waals surface area contributed by atoms with Crippen LogP contribution in [-0.4, -0.2) is 5.11 Å². The van der Waals surface area contributed by atoms with Crippen LogP contribution in [0.4, 0.5) is 0 Å². The summed E-state index contributed by atoms with van der Waals surface area (Å²) in [4.78, 5) is 0. The van der Waals surface area contributed by atoms with E-state index >= 15 is 0 Å². The standard InChI is InChI=1S/C16H24O/c1-2-3-4-5-6-7-8-9-10-15-11-13-16(17)14-12-15/h2,11-14,17H,1,3-10H2. The van der Waals surface area contributed by atoms with Crippen LogP contribution in [0.25, 0.3) is 0 Å². The normalized spacial score (nSPS) is 10.4. The van der Waals surface area contributed by atoms with Crippen LogP contribution >= 0.6 is 0 Å². The second-order valence-corrected chi connectivity index (χ2v) is 4.62. The van der Waals surface area contributed by atoms with Gasteiger partial charge in [0.15, 0.2) is 0 Å². The van der Waals surface area contributed by atoms with Crippen molar-refractivity contribution in [2.75, 3.05) is 0 Å². The van der Waals surface area contributed by atoms with Gasteiger partial charge < -0.3 is 5.11 Å². The fraction of sp³-hybridized carbons (Fsp3) is 0.500. The first-order valence-corrected chi connectivity index (χ1v) is 6.72. The minimum atomic E-state index is 0.357. The molecule has 0 bridgehead atoms. The lowest BCUT2D eigenvalue weighted by Crippen LogP contribution is -1.86. The van der Waals surface area contributed by atoms with Crippen molar-refractivity contribution in [1.29, 1.82) is 0 Å². The lowest BCUT2D eigenvalue weighted by atomic mass is 10.0. The second kappa shape index (κ2) is 8.86. The van der Waals surface area contributed by atoms with E-state index in [1.807, 2.05) is 18.2 Å². The van der Waals surface area contributed by atoms with Crippen LogP contribution in [0, 0.1) is 0 Å². The molecule has 0 amide bonds. The summed E-state index contributed by atoms with van der Waals surface area (Å²) in [5.41, 5.74) is 1.33. The van der Waals surface area contributed by atoms with Gasteiger partial charge in [-0.2, -0.15) is 0 Å². The van der Waals surface area contributed by atoms with E-state index in [4.69, 9.17) is 5.11 Å². The number of phenols is 1. The lowest BCUT2D eigenvalue weighted by molar-refractivity contribution is 0.475. The summed E-state index contributed by atoms with van der Waals surface area (Å²) in [5, 5.41) is 9.16. The number of unbranched alkanes of at least 4 members (excludes halogenated alkanes) is 6. The number of allylic oxidation sites excluding steroid dienone is 1. The van der Waals surface area contributed by atoms with Crippen LogP contribution in [0.2, 0.25) is 0 Å². The van der Waals surface area contributed by atoms with Gasteiger partial charge in [-0.15, -0.1) is 6.58 Å². The molecule has 1 aromatic carbocycles. The largest absolute Gasteiger partial charge is 0.508 e. The molecule has 1 nitrogen and oxygen atoms in total. The number of rotatable bonds is 9. The van der Waals surface area contributed by atoms with Gasteiger partial charge in [0, 0.05) is 0 Å². The van der Waals surface area contributed by atoms with Crippen LogP contribution in [-0.2, 0) is 6.42 Å². The van der Waals surface area contributed by atoms with E-state index in [1.165, 1.54) is 44.1 Å². The van der Waals surface area contributed by atoms with Gasteiger partial charge in [0.25, 0.3) is 0 Å². The third-order valence-corrected chi connectivity index (χ3v) is 3.06. The first kappa shape index (κ1) is 13.8. The van der Waals surface area contributed by atoms with Gasteiger partial charge >= 0.3 is 0 Å². The average Bonchev–Trinajstić information content (AvgIpc) is 2.35. The summed E-state index contributed by atoms with van der Waals surface area (Å²) in [6.45, 7) is 3.73. The zero-order valence-corrected chi connectivity index (χ0v) is 10.7. The van der Waals surface area contributed by atoms with Crippen molar-refractivity contribution in [3.63, 3.8) is 0 Å². The molecule has 0 aromatic heterocycles. The molecule has 0 aliphatic rings. The molecule has 1 aromatic rings. The molecule has 0 saturated heterocycles. The maximum Gasteiger partial charge on any atom is 0.115 e. The number of aryl methyl sites for hydroxylation is 1. The maximum atomic E-state index is 9.16. The number of phenolic OH excluding ortho intramolecular Hbond substituents is 1. The lowest BCUT2D eigenvalue weighted by Gasteiger charge is -2.02. The predicted molar refractivity (Wildman–Crippen MR) is 74.3 cm³/mol. The molecule has 0 atom stereocenters. The van der Waals surface area contributed by atoms with Crippen LogP contribution in [0.15, 0.2) is 36.9 Å². The van der Waals surface area contributed by atoms with E-state index in [9.17, 15) is 0 Å². The molecule has 94 valence electrons. The summed E-state index contributed by atoms with van der Waals surface area (Å²) in [7, 11) is 0. The Labute approximate surface area is 105 Å². The van der Waals surface area contributed by atoms with Gasteiger partial charge in [-0.3, -0.25) is 0 Å². The third-order valence-electron chi connectivity index (χ3n) is 3.06. The average molecular weight is 232 g/mol. The first-order valence-electron chi connectivity index (χ1n) is 6.72. The van der Waals surface area contributed by atoms with Crippen LogP contribution < -0.4 is 0 Å². The Morgan fingerprint density at radius 3 is 2.12 bits per heavy atom. The summed E-state index contributed by atoms with van der Waals surface area (Å²) < 4.78 is 0. The Balaban J connectivity index is 1.97. The molecular weight excluding hydrogens is 208 g/mol. The highest BCUT2D eigenvalue weighted by Crippen LogP contribution is 2.13. The highest BCUT2D eigenvalue weighted by molar-refractivity contribution is 5.25. The van der Waals surface area contributed by atoms with E-state index in [2.05, 4.69) is 6.58 Å². The van der Waals surface area contributed by atoms with Gasteiger partial charge in [0.2, 0.25) is 0 Å². The predicted octanol–water partition coefficient (Wildman–Crippen LogP) is 4.85. The number of hydrogen-bond acceptors (Lipinski definition) is 1. The zero-order chi connectivity index (χ0) is 12.3. The second-order valence-electron chi connectivity index (χ2n) is 4.62. The molecule has 0 heterocycles. The highest BCUT2D eigenvalue weighted by Gasteiger charge is 1.94. The molecular formula is C16H24O. The minimum absolute atomic E-state index is 0.357. The number of aromatic hydroxyl groups is 1. The Bertz CT molecular complexity index is 300. The summed E-state index contributed by atoms with van der Waals surface area (Å²) in [6.07, 6.45) is 12.2. The molecule has 0 aliphatic carbocycles. The molecule has 1 rings (SSSR count). The van der Waals surface area contributed by atoms with Crippen molar-refractivity contribution < 1.29 is 5.11 Å². The molecule has 17 heavy (non-hydrogen) atoms. The maximum absolute atomic E-state index is 9.16. The van der Waals surface area contributed by atoms with Crippen molar-refractivity contribution in [1.82, 2.24) is 0 Å². The summed E-state index contributed by atoms with van der Waals surface area (Å²) >= 11 is 0. The fourth-order valence-corrected chi connectivity index (χ4v) is 1.99. The molecule has 1 heteroatoms. The smallest absolute Gasteiger partial charge is 0.115 e. The number of hydrogen-bond donors (Lipinski definition) is 1. The van der Waals surface area contributed by atoms with Crippen molar-refractivity contribution in [2.24, 2.45) is 0 Å². The Morgan fingerprint density at radius 2 is 1.47 bits per heavy atom. The molecule has 0 fully saturated rings. The van der Waals surface area contributed by atoms with Crippen LogP contribution in [0.3, 0.4) is 0 Å². The monoisotopic (exact) mass is 232 g/mol. The van der Waals surface area contributed by atoms with Crippen molar-refractivity contribution in [3.8, 4) is 5.75 Å². The van der Waals surface area contributed by atoms with Crippen LogP contribution in [0.5, 0.6) is 5.75 Å². The topological polar surface area (TPSA) is 20.2 Å². The van der Waals surface area contributed by atoms with Crippen LogP contribution in [0.1, 0.15) is 50.5 Å². The van der Waals surface area contributed by atoms with Crippen molar-refractivity contribution in [2.45, 2.75) is 51.4 Å². The Kier molecular flexibility index (Phi) is 7.20. The summed E-state index contributed by atoms with van der Waals surface area (Å²) in [6, 6.07) is 7.56. The van der Waals surface area contributed by atoms with Gasteiger partial charge in [-0.25, -0.2) is 0 Å². The fourth-order valence-electron chi connectivity index (χ4n) is 1.99. The van der Waals surface area contributed by atoms with Gasteiger partial charge in [0.1, 0.15) is 5.75 Å². The van der Waals surface area contributed by atoms with Gasteiger partial charge in [-0.1, -0.05) is 43.9 Å². The SMILES string of the molecule is C=CCCCCCCCCc1ccc(O)cc1. The van der Waals surface area contributed by atoms with E-state index in [0.29, 0.717) is 5.75 Å². The Hall–Kier alpha value is -1.24. The van der Waals surface area contributed by atoms with Crippen molar-refractivity contribution >= 4 is 0 Å². The van der Waals surface area contributed by atoms with E-state index < -0.39 is 0 Å². The van der Waals surface area contributed by atoms with E-state index in [0.717, 1.165) is 12.8 Å². The summed E-state index contributed by atoms with van der Waals surface area (Å²) in [5.74, 6) is 0.357. The third kappa shape index (κ3) is 6.83. The molecule has 1 N–H and O–H groups in total. The minimum Gasteiger partial charge on any atom is -0.508 e. The quantitative estimate of drug-likeness (QED) is 0.476. The zero-order valence-electron chi connectivity index (χ0n) is 10.7. The molecule has 0 radical (unpaired) electrons.